The quantitative estimate of drug-likeness (QED) is 0.860. The Labute approximate surface area is 132 Å². The molecule has 1 unspecified atom stereocenters. The maximum Gasteiger partial charge on any atom is 0.255 e. The molecule has 0 radical (unpaired) electrons. The molecule has 3 rings (SSSR count). The summed E-state index contributed by atoms with van der Waals surface area (Å²) in [5.41, 5.74) is 1.74. The van der Waals surface area contributed by atoms with Crippen molar-refractivity contribution in [2.45, 2.75) is 38.6 Å². The van der Waals surface area contributed by atoms with E-state index in [0.717, 1.165) is 57.8 Å². The summed E-state index contributed by atoms with van der Waals surface area (Å²) >= 11 is 0. The number of ether oxygens (including phenoxy) is 1. The lowest BCUT2D eigenvalue weighted by atomic mass is 9.99. The van der Waals surface area contributed by atoms with E-state index < -0.39 is 0 Å². The van der Waals surface area contributed by atoms with Crippen LogP contribution in [0.1, 0.15) is 43.0 Å². The monoisotopic (exact) mass is 303 g/mol. The lowest BCUT2D eigenvalue weighted by molar-refractivity contribution is 0.0607. The average molecular weight is 303 g/mol. The van der Waals surface area contributed by atoms with Crippen LogP contribution < -0.4 is 4.90 Å². The van der Waals surface area contributed by atoms with Gasteiger partial charge in [0.2, 0.25) is 0 Å². The molecule has 5 nitrogen and oxygen atoms in total. The van der Waals surface area contributed by atoms with Crippen LogP contribution in [0, 0.1) is 0 Å². The summed E-state index contributed by atoms with van der Waals surface area (Å²) in [5, 5.41) is 0. The van der Waals surface area contributed by atoms with Crippen LogP contribution in [-0.4, -0.2) is 54.7 Å². The Bertz CT molecular complexity index is 514. The minimum Gasteiger partial charge on any atom is -0.378 e. The van der Waals surface area contributed by atoms with Crippen LogP contribution in [-0.2, 0) is 4.74 Å². The summed E-state index contributed by atoms with van der Waals surface area (Å²) in [6.07, 6.45) is 8.04. The van der Waals surface area contributed by atoms with Gasteiger partial charge in [0.15, 0.2) is 0 Å². The largest absolute Gasteiger partial charge is 0.378 e. The molecule has 0 saturated carbocycles. The van der Waals surface area contributed by atoms with Crippen molar-refractivity contribution < 1.29 is 9.53 Å². The molecule has 3 heterocycles. The van der Waals surface area contributed by atoms with Crippen molar-refractivity contribution in [1.82, 2.24) is 9.88 Å². The van der Waals surface area contributed by atoms with E-state index in [0.29, 0.717) is 11.6 Å². The average Bonchev–Trinajstić information content (AvgIpc) is 2.62. The maximum atomic E-state index is 12.8. The number of aromatic nitrogens is 1. The SMILES string of the molecule is CCC1CCCCN1C(=O)c1cncc(N2CCOCC2)c1. The molecule has 0 bridgehead atoms. The fraction of sp³-hybridized carbons (Fsp3) is 0.647. The highest BCUT2D eigenvalue weighted by atomic mass is 16.5. The second-order valence-electron chi connectivity index (χ2n) is 6.09. The van der Waals surface area contributed by atoms with Crippen molar-refractivity contribution in [1.29, 1.82) is 0 Å². The Balaban J connectivity index is 1.77. The van der Waals surface area contributed by atoms with Crippen molar-refractivity contribution >= 4 is 11.6 Å². The molecule has 5 heteroatoms. The van der Waals surface area contributed by atoms with E-state index in [1.54, 1.807) is 6.20 Å². The molecule has 2 aliphatic rings. The van der Waals surface area contributed by atoms with Gasteiger partial charge in [0.25, 0.3) is 5.91 Å². The third-order valence-electron chi connectivity index (χ3n) is 4.71. The molecule has 2 aliphatic heterocycles. The summed E-state index contributed by atoms with van der Waals surface area (Å²) < 4.78 is 5.39. The molecule has 2 fully saturated rings. The van der Waals surface area contributed by atoms with Gasteiger partial charge in [-0.05, 0) is 31.7 Å². The van der Waals surface area contributed by atoms with Crippen molar-refractivity contribution in [2.24, 2.45) is 0 Å². The summed E-state index contributed by atoms with van der Waals surface area (Å²) in [6.45, 7) is 6.24. The molecule has 1 amide bonds. The molecule has 2 saturated heterocycles. The van der Waals surface area contributed by atoms with E-state index in [9.17, 15) is 4.79 Å². The number of pyridine rings is 1. The first-order chi connectivity index (χ1) is 10.8. The number of hydrogen-bond donors (Lipinski definition) is 0. The number of piperidine rings is 1. The fourth-order valence-corrected chi connectivity index (χ4v) is 3.40. The Morgan fingerprint density at radius 1 is 1.27 bits per heavy atom. The third kappa shape index (κ3) is 3.24. The molecule has 0 spiro atoms. The molecular weight excluding hydrogens is 278 g/mol. The third-order valence-corrected chi connectivity index (χ3v) is 4.71. The van der Waals surface area contributed by atoms with Gasteiger partial charge < -0.3 is 14.5 Å². The van der Waals surface area contributed by atoms with Crippen LogP contribution in [0.15, 0.2) is 18.5 Å². The number of morpholine rings is 1. The van der Waals surface area contributed by atoms with E-state index >= 15 is 0 Å². The standard InChI is InChI=1S/C17H25N3O2/c1-2-15-5-3-4-6-20(15)17(21)14-11-16(13-18-12-14)19-7-9-22-10-8-19/h11-13,15H,2-10H2,1H3. The number of amides is 1. The summed E-state index contributed by atoms with van der Waals surface area (Å²) in [6, 6.07) is 2.37. The number of anilines is 1. The van der Waals surface area contributed by atoms with Gasteiger partial charge in [-0.3, -0.25) is 9.78 Å². The molecule has 1 atom stereocenters. The molecule has 120 valence electrons. The summed E-state index contributed by atoms with van der Waals surface area (Å²) in [7, 11) is 0. The molecular formula is C17H25N3O2. The molecule has 22 heavy (non-hydrogen) atoms. The van der Waals surface area contributed by atoms with Crippen LogP contribution in [0.3, 0.4) is 0 Å². The van der Waals surface area contributed by atoms with Gasteiger partial charge in [-0.15, -0.1) is 0 Å². The predicted octanol–water partition coefficient (Wildman–Crippen LogP) is 2.32. The van der Waals surface area contributed by atoms with Crippen LogP contribution in [0.5, 0.6) is 0 Å². The topological polar surface area (TPSA) is 45.7 Å². The Hall–Kier alpha value is -1.62. The number of carbonyl (C=O) groups excluding carboxylic acids is 1. The van der Waals surface area contributed by atoms with E-state index in [4.69, 9.17) is 4.74 Å². The first-order valence-electron chi connectivity index (χ1n) is 8.38. The molecule has 0 aliphatic carbocycles. The van der Waals surface area contributed by atoms with Gasteiger partial charge in [-0.2, -0.15) is 0 Å². The van der Waals surface area contributed by atoms with Gasteiger partial charge in [-0.25, -0.2) is 0 Å². The van der Waals surface area contributed by atoms with E-state index in [1.807, 2.05) is 17.2 Å². The van der Waals surface area contributed by atoms with Crippen molar-refractivity contribution in [3.8, 4) is 0 Å². The van der Waals surface area contributed by atoms with Gasteiger partial charge in [0.05, 0.1) is 30.7 Å². The first-order valence-corrected chi connectivity index (χ1v) is 8.38. The van der Waals surface area contributed by atoms with Gasteiger partial charge in [0, 0.05) is 31.9 Å². The fourth-order valence-electron chi connectivity index (χ4n) is 3.40. The molecule has 0 aromatic carbocycles. The minimum absolute atomic E-state index is 0.133. The summed E-state index contributed by atoms with van der Waals surface area (Å²) in [5.74, 6) is 0.133. The Morgan fingerprint density at radius 2 is 2.09 bits per heavy atom. The van der Waals surface area contributed by atoms with E-state index in [-0.39, 0.29) is 5.91 Å². The molecule has 0 N–H and O–H groups in total. The van der Waals surface area contributed by atoms with Crippen LogP contribution >= 0.6 is 0 Å². The second kappa shape index (κ2) is 7.09. The highest BCUT2D eigenvalue weighted by Crippen LogP contribution is 2.23. The van der Waals surface area contributed by atoms with Gasteiger partial charge in [-0.1, -0.05) is 6.92 Å². The number of likely N-dealkylation sites (tertiary alicyclic amines) is 1. The minimum atomic E-state index is 0.133. The molecule has 1 aromatic heterocycles. The normalized spacial score (nSPS) is 22.7. The van der Waals surface area contributed by atoms with Crippen molar-refractivity contribution in [3.63, 3.8) is 0 Å². The maximum absolute atomic E-state index is 12.8. The smallest absolute Gasteiger partial charge is 0.255 e. The number of carbonyl (C=O) groups is 1. The van der Waals surface area contributed by atoms with Gasteiger partial charge >= 0.3 is 0 Å². The highest BCUT2D eigenvalue weighted by molar-refractivity contribution is 5.95. The highest BCUT2D eigenvalue weighted by Gasteiger charge is 2.26. The van der Waals surface area contributed by atoms with Gasteiger partial charge in [0.1, 0.15) is 0 Å². The van der Waals surface area contributed by atoms with E-state index in [1.165, 1.54) is 6.42 Å². The Morgan fingerprint density at radius 3 is 2.86 bits per heavy atom. The predicted molar refractivity (Wildman–Crippen MR) is 86.2 cm³/mol. The summed E-state index contributed by atoms with van der Waals surface area (Å²) in [4.78, 5) is 21.4. The first kappa shape index (κ1) is 15.3. The zero-order chi connectivity index (χ0) is 15.4. The number of nitrogens with zero attached hydrogens (tertiary/aromatic N) is 3. The van der Waals surface area contributed by atoms with Crippen LogP contribution in [0.25, 0.3) is 0 Å². The lowest BCUT2D eigenvalue weighted by Crippen LogP contribution is -2.43. The van der Waals surface area contributed by atoms with Crippen LogP contribution in [0.4, 0.5) is 5.69 Å². The van der Waals surface area contributed by atoms with Crippen molar-refractivity contribution in [2.75, 3.05) is 37.7 Å². The van der Waals surface area contributed by atoms with Crippen LogP contribution in [0.2, 0.25) is 0 Å². The number of rotatable bonds is 3. The zero-order valence-electron chi connectivity index (χ0n) is 13.3. The number of hydrogen-bond acceptors (Lipinski definition) is 4. The Kier molecular flexibility index (Phi) is 4.93. The van der Waals surface area contributed by atoms with Crippen molar-refractivity contribution in [3.05, 3.63) is 24.0 Å². The molecule has 1 aromatic rings. The van der Waals surface area contributed by atoms with E-state index in [2.05, 4.69) is 16.8 Å². The second-order valence-corrected chi connectivity index (χ2v) is 6.09. The lowest BCUT2D eigenvalue weighted by Gasteiger charge is -2.35. The zero-order valence-corrected chi connectivity index (χ0v) is 13.3.